The van der Waals surface area contributed by atoms with E-state index in [-0.39, 0.29) is 11.6 Å². The first-order valence-corrected chi connectivity index (χ1v) is 7.70. The molecule has 1 amide bonds. The fourth-order valence-corrected chi connectivity index (χ4v) is 3.69. The number of nitrogens with two attached hydrogens (primary N) is 1. The minimum absolute atomic E-state index is 0.0556. The number of benzene rings is 1. The summed E-state index contributed by atoms with van der Waals surface area (Å²) >= 11 is 4.66. The Hall–Kier alpha value is -1.47. The van der Waals surface area contributed by atoms with Gasteiger partial charge in [-0.3, -0.25) is 10.1 Å². The lowest BCUT2D eigenvalue weighted by molar-refractivity contribution is 0.102. The molecule has 1 heterocycles. The van der Waals surface area contributed by atoms with Gasteiger partial charge in [0.15, 0.2) is 5.13 Å². The number of nitrogens with one attached hydrogen (secondary N) is 1. The van der Waals surface area contributed by atoms with Gasteiger partial charge in [-0.15, -0.1) is 11.3 Å². The molecule has 0 radical (unpaired) electrons. The number of fused-ring (bicyclic) bond motifs is 1. The number of carbonyl (C=O) groups is 1. The van der Waals surface area contributed by atoms with Crippen molar-refractivity contribution >= 4 is 44.0 Å². The van der Waals surface area contributed by atoms with E-state index in [1.165, 1.54) is 28.3 Å². The molecule has 0 saturated heterocycles. The summed E-state index contributed by atoms with van der Waals surface area (Å²) in [5.41, 5.74) is 6.80. The van der Waals surface area contributed by atoms with Crippen molar-refractivity contribution in [1.29, 1.82) is 0 Å². The number of nitrogens with zero attached hydrogens (tertiary/aromatic N) is 1. The molecule has 0 fully saturated rings. The molecule has 7 heteroatoms. The zero-order valence-electron chi connectivity index (χ0n) is 10.4. The Morgan fingerprint density at radius 1 is 1.45 bits per heavy atom. The van der Waals surface area contributed by atoms with Crippen LogP contribution in [0.2, 0.25) is 0 Å². The maximum absolute atomic E-state index is 13.3. The number of rotatable bonds is 2. The lowest BCUT2D eigenvalue weighted by Crippen LogP contribution is -2.13. The molecule has 1 aromatic heterocycles. The molecule has 0 spiro atoms. The van der Waals surface area contributed by atoms with Crippen molar-refractivity contribution in [3.05, 3.63) is 38.6 Å². The molecule has 0 saturated carbocycles. The Morgan fingerprint density at radius 3 is 3.00 bits per heavy atom. The maximum Gasteiger partial charge on any atom is 0.258 e. The Morgan fingerprint density at radius 2 is 2.25 bits per heavy atom. The number of hydrogen-bond acceptors (Lipinski definition) is 4. The molecular weight excluding hydrogens is 345 g/mol. The highest BCUT2D eigenvalue weighted by Crippen LogP contribution is 2.31. The van der Waals surface area contributed by atoms with Crippen LogP contribution in [0.25, 0.3) is 0 Å². The normalized spacial score (nSPS) is 13.3. The molecular formula is C13H11BrFN3OS. The van der Waals surface area contributed by atoms with Gasteiger partial charge in [0.25, 0.3) is 5.91 Å². The van der Waals surface area contributed by atoms with Gasteiger partial charge in [0.1, 0.15) is 5.82 Å². The summed E-state index contributed by atoms with van der Waals surface area (Å²) in [5, 5.41) is 3.31. The zero-order valence-corrected chi connectivity index (χ0v) is 12.8. The number of halogens is 2. The third kappa shape index (κ3) is 2.43. The standard InChI is InChI=1S/C13H11BrFN3OS/c14-7-5-8(15)9(16)4-6(7)12(19)18-13-17-10-2-1-3-11(10)20-13/h4-5H,1-3,16H2,(H,17,18,19). The summed E-state index contributed by atoms with van der Waals surface area (Å²) < 4.78 is 13.6. The summed E-state index contributed by atoms with van der Waals surface area (Å²) in [7, 11) is 0. The topological polar surface area (TPSA) is 68.0 Å². The molecule has 2 aromatic rings. The fraction of sp³-hybridized carbons (Fsp3) is 0.231. The van der Waals surface area contributed by atoms with Gasteiger partial charge in [-0.05, 0) is 47.3 Å². The molecule has 0 bridgehead atoms. The van der Waals surface area contributed by atoms with Crippen LogP contribution < -0.4 is 11.1 Å². The first-order chi connectivity index (χ1) is 9.54. The number of hydrogen-bond donors (Lipinski definition) is 2. The third-order valence-electron chi connectivity index (χ3n) is 3.15. The van der Waals surface area contributed by atoms with E-state index in [9.17, 15) is 9.18 Å². The van der Waals surface area contributed by atoms with Crippen LogP contribution in [0.3, 0.4) is 0 Å². The van der Waals surface area contributed by atoms with Crippen LogP contribution in [-0.4, -0.2) is 10.9 Å². The van der Waals surface area contributed by atoms with E-state index in [1.807, 2.05) is 0 Å². The highest BCUT2D eigenvalue weighted by atomic mass is 79.9. The number of aryl methyl sites for hydroxylation is 2. The van der Waals surface area contributed by atoms with Crippen molar-refractivity contribution in [3.63, 3.8) is 0 Å². The van der Waals surface area contributed by atoms with Crippen molar-refractivity contribution in [1.82, 2.24) is 4.98 Å². The van der Waals surface area contributed by atoms with Crippen LogP contribution in [0, 0.1) is 5.82 Å². The Kier molecular flexibility index (Phi) is 3.47. The first-order valence-electron chi connectivity index (χ1n) is 6.09. The van der Waals surface area contributed by atoms with Crippen molar-refractivity contribution in [2.45, 2.75) is 19.3 Å². The average Bonchev–Trinajstić information content (AvgIpc) is 2.94. The highest BCUT2D eigenvalue weighted by Gasteiger charge is 2.19. The molecule has 1 aliphatic rings. The fourth-order valence-electron chi connectivity index (χ4n) is 2.15. The van der Waals surface area contributed by atoms with Gasteiger partial charge < -0.3 is 5.73 Å². The quantitative estimate of drug-likeness (QED) is 0.811. The predicted octanol–water partition coefficient (Wildman–Crippen LogP) is 3.37. The monoisotopic (exact) mass is 355 g/mol. The van der Waals surface area contributed by atoms with Crippen molar-refractivity contribution in [2.75, 3.05) is 11.1 Å². The summed E-state index contributed by atoms with van der Waals surface area (Å²) in [4.78, 5) is 17.8. The van der Waals surface area contributed by atoms with Crippen LogP contribution in [0.5, 0.6) is 0 Å². The van der Waals surface area contributed by atoms with Crippen LogP contribution >= 0.6 is 27.3 Å². The van der Waals surface area contributed by atoms with Crippen LogP contribution in [0.4, 0.5) is 15.2 Å². The Balaban J connectivity index is 1.84. The highest BCUT2D eigenvalue weighted by molar-refractivity contribution is 9.10. The van der Waals surface area contributed by atoms with Crippen LogP contribution in [0.1, 0.15) is 27.3 Å². The maximum atomic E-state index is 13.3. The minimum atomic E-state index is -0.554. The molecule has 0 aliphatic heterocycles. The lowest BCUT2D eigenvalue weighted by atomic mass is 10.2. The van der Waals surface area contributed by atoms with Crippen LogP contribution in [0.15, 0.2) is 16.6 Å². The number of amides is 1. The van der Waals surface area contributed by atoms with Gasteiger partial charge in [-0.2, -0.15) is 0 Å². The summed E-state index contributed by atoms with van der Waals surface area (Å²) in [6, 6.07) is 2.50. The minimum Gasteiger partial charge on any atom is -0.396 e. The van der Waals surface area contributed by atoms with E-state index >= 15 is 0 Å². The van der Waals surface area contributed by atoms with Gasteiger partial charge in [-0.25, -0.2) is 9.37 Å². The second-order valence-electron chi connectivity index (χ2n) is 4.55. The molecule has 0 unspecified atom stereocenters. The van der Waals surface area contributed by atoms with Gasteiger partial charge in [-0.1, -0.05) is 0 Å². The second kappa shape index (κ2) is 5.14. The molecule has 104 valence electrons. The third-order valence-corrected chi connectivity index (χ3v) is 4.88. The second-order valence-corrected chi connectivity index (χ2v) is 6.49. The van der Waals surface area contributed by atoms with E-state index in [0.717, 1.165) is 25.0 Å². The molecule has 3 rings (SSSR count). The smallest absolute Gasteiger partial charge is 0.258 e. The molecule has 1 aromatic carbocycles. The zero-order chi connectivity index (χ0) is 14.3. The van der Waals surface area contributed by atoms with Gasteiger partial charge in [0.05, 0.1) is 16.9 Å². The van der Waals surface area contributed by atoms with Gasteiger partial charge in [0.2, 0.25) is 0 Å². The van der Waals surface area contributed by atoms with Gasteiger partial charge >= 0.3 is 0 Å². The van der Waals surface area contributed by atoms with E-state index in [4.69, 9.17) is 5.73 Å². The number of nitrogen functional groups attached to an aromatic ring is 1. The number of thiazole rings is 1. The summed E-state index contributed by atoms with van der Waals surface area (Å²) in [6.07, 6.45) is 3.12. The first kappa shape index (κ1) is 13.5. The molecule has 4 nitrogen and oxygen atoms in total. The van der Waals surface area contributed by atoms with Crippen LogP contribution in [-0.2, 0) is 12.8 Å². The van der Waals surface area contributed by atoms with E-state index in [2.05, 4.69) is 26.2 Å². The molecule has 1 aliphatic carbocycles. The lowest BCUT2D eigenvalue weighted by Gasteiger charge is -2.06. The summed E-state index contributed by atoms with van der Waals surface area (Å²) in [6.45, 7) is 0. The SMILES string of the molecule is Nc1cc(C(=O)Nc2nc3c(s2)CCC3)c(Br)cc1F. The largest absolute Gasteiger partial charge is 0.396 e. The molecule has 3 N–H and O–H groups in total. The Labute approximate surface area is 127 Å². The van der Waals surface area contributed by atoms with E-state index < -0.39 is 5.82 Å². The molecule has 20 heavy (non-hydrogen) atoms. The van der Waals surface area contributed by atoms with Crippen molar-refractivity contribution in [2.24, 2.45) is 0 Å². The average molecular weight is 356 g/mol. The van der Waals surface area contributed by atoms with E-state index in [0.29, 0.717) is 15.2 Å². The van der Waals surface area contributed by atoms with E-state index in [1.54, 1.807) is 0 Å². The van der Waals surface area contributed by atoms with Gasteiger partial charge in [0, 0.05) is 9.35 Å². The summed E-state index contributed by atoms with van der Waals surface area (Å²) in [5.74, 6) is -0.905. The predicted molar refractivity (Wildman–Crippen MR) is 80.6 cm³/mol. The Bertz CT molecular complexity index is 680. The number of aromatic nitrogens is 1. The number of carbonyl (C=O) groups excluding carboxylic acids is 1. The molecule has 0 atom stereocenters. The van der Waals surface area contributed by atoms with Crippen molar-refractivity contribution < 1.29 is 9.18 Å². The van der Waals surface area contributed by atoms with Crippen molar-refractivity contribution in [3.8, 4) is 0 Å². The number of anilines is 2.